The van der Waals surface area contributed by atoms with Crippen LogP contribution >= 0.6 is 0 Å². The quantitative estimate of drug-likeness (QED) is 0.858. The maximum Gasteiger partial charge on any atom is 0.161 e. The highest BCUT2D eigenvalue weighted by Gasteiger charge is 2.06. The van der Waals surface area contributed by atoms with E-state index in [9.17, 15) is 0 Å². The Labute approximate surface area is 102 Å². The van der Waals surface area contributed by atoms with E-state index >= 15 is 0 Å². The normalized spacial score (nSPS) is 10.5. The molecule has 0 spiro atoms. The van der Waals surface area contributed by atoms with Gasteiger partial charge in [-0.3, -0.25) is 0 Å². The summed E-state index contributed by atoms with van der Waals surface area (Å²) in [7, 11) is 0. The lowest BCUT2D eigenvalue weighted by Gasteiger charge is -2.07. The topological polar surface area (TPSA) is 51.8 Å². The fourth-order valence-electron chi connectivity index (χ4n) is 1.67. The maximum atomic E-state index is 5.86. The van der Waals surface area contributed by atoms with Crippen molar-refractivity contribution >= 4 is 5.82 Å². The van der Waals surface area contributed by atoms with Crippen molar-refractivity contribution in [3.8, 4) is 11.4 Å². The van der Waals surface area contributed by atoms with E-state index in [2.05, 4.69) is 29.0 Å². The Kier molecular flexibility index (Phi) is 3.09. The van der Waals surface area contributed by atoms with Gasteiger partial charge in [0, 0.05) is 16.8 Å². The van der Waals surface area contributed by atoms with Crippen LogP contribution in [-0.2, 0) is 6.42 Å². The molecule has 0 unspecified atom stereocenters. The minimum absolute atomic E-state index is 0.562. The molecule has 2 N–H and O–H groups in total. The predicted octanol–water partition coefficient (Wildman–Crippen LogP) is 2.91. The van der Waals surface area contributed by atoms with Crippen LogP contribution in [0.2, 0.25) is 0 Å². The van der Waals surface area contributed by atoms with Crippen LogP contribution in [0.15, 0.2) is 24.3 Å². The molecular formula is C14H17N3. The van der Waals surface area contributed by atoms with Gasteiger partial charge in [-0.05, 0) is 25.8 Å². The maximum absolute atomic E-state index is 5.86. The molecule has 1 aromatic carbocycles. The van der Waals surface area contributed by atoms with Crippen molar-refractivity contribution in [3.63, 3.8) is 0 Å². The molecule has 17 heavy (non-hydrogen) atoms. The molecule has 0 aliphatic heterocycles. The number of nitrogen functional groups attached to an aromatic ring is 1. The molecule has 0 bridgehead atoms. The molecule has 0 saturated heterocycles. The second kappa shape index (κ2) is 4.53. The number of hydrogen-bond acceptors (Lipinski definition) is 3. The molecule has 88 valence electrons. The average Bonchev–Trinajstić information content (AvgIpc) is 2.35. The van der Waals surface area contributed by atoms with Crippen LogP contribution in [0, 0.1) is 13.8 Å². The standard InChI is InChI=1S/C14H17N3/c1-4-11-5-7-12(8-6-11)14-16-10(3)9(2)13(15)17-14/h5-8H,4H2,1-3H3,(H2,15,16,17). The molecule has 0 aliphatic rings. The smallest absolute Gasteiger partial charge is 0.161 e. The number of hydrogen-bond donors (Lipinski definition) is 1. The van der Waals surface area contributed by atoms with E-state index < -0.39 is 0 Å². The number of rotatable bonds is 2. The fourth-order valence-corrected chi connectivity index (χ4v) is 1.67. The number of nitrogens with zero attached hydrogens (tertiary/aromatic N) is 2. The van der Waals surface area contributed by atoms with Gasteiger partial charge in [0.15, 0.2) is 5.82 Å². The zero-order chi connectivity index (χ0) is 12.4. The van der Waals surface area contributed by atoms with Gasteiger partial charge in [-0.2, -0.15) is 0 Å². The van der Waals surface area contributed by atoms with Crippen LogP contribution < -0.4 is 5.73 Å². The Balaban J connectivity index is 2.45. The fraction of sp³-hybridized carbons (Fsp3) is 0.286. The summed E-state index contributed by atoms with van der Waals surface area (Å²) in [6.45, 7) is 6.03. The summed E-state index contributed by atoms with van der Waals surface area (Å²) in [5.74, 6) is 1.26. The molecule has 2 rings (SSSR count). The van der Waals surface area contributed by atoms with E-state index in [1.165, 1.54) is 5.56 Å². The first-order valence-electron chi connectivity index (χ1n) is 5.82. The van der Waals surface area contributed by atoms with Crippen molar-refractivity contribution in [3.05, 3.63) is 41.1 Å². The Bertz CT molecular complexity index is 507. The highest BCUT2D eigenvalue weighted by molar-refractivity contribution is 5.59. The van der Waals surface area contributed by atoms with E-state index in [4.69, 9.17) is 5.73 Å². The van der Waals surface area contributed by atoms with Crippen molar-refractivity contribution in [2.24, 2.45) is 0 Å². The number of anilines is 1. The van der Waals surface area contributed by atoms with Gasteiger partial charge in [-0.25, -0.2) is 9.97 Å². The van der Waals surface area contributed by atoms with Crippen LogP contribution in [0.25, 0.3) is 11.4 Å². The van der Waals surface area contributed by atoms with Crippen molar-refractivity contribution in [2.45, 2.75) is 27.2 Å². The van der Waals surface area contributed by atoms with Gasteiger partial charge in [0.05, 0.1) is 0 Å². The molecule has 1 heterocycles. The van der Waals surface area contributed by atoms with Crippen molar-refractivity contribution in [1.82, 2.24) is 9.97 Å². The monoisotopic (exact) mass is 227 g/mol. The summed E-state index contributed by atoms with van der Waals surface area (Å²) in [4.78, 5) is 8.79. The number of aromatic nitrogens is 2. The lowest BCUT2D eigenvalue weighted by atomic mass is 10.1. The van der Waals surface area contributed by atoms with E-state index in [-0.39, 0.29) is 0 Å². The second-order valence-electron chi connectivity index (χ2n) is 4.19. The van der Waals surface area contributed by atoms with Crippen LogP contribution in [0.1, 0.15) is 23.7 Å². The lowest BCUT2D eigenvalue weighted by molar-refractivity contribution is 1.08. The van der Waals surface area contributed by atoms with Gasteiger partial charge in [0.25, 0.3) is 0 Å². The highest BCUT2D eigenvalue weighted by atomic mass is 14.9. The molecule has 2 aromatic rings. The summed E-state index contributed by atoms with van der Waals surface area (Å²) in [6, 6.07) is 8.29. The van der Waals surface area contributed by atoms with Gasteiger partial charge >= 0.3 is 0 Å². The predicted molar refractivity (Wildman–Crippen MR) is 70.7 cm³/mol. The van der Waals surface area contributed by atoms with Gasteiger partial charge in [0.2, 0.25) is 0 Å². The lowest BCUT2D eigenvalue weighted by Crippen LogP contribution is -2.02. The van der Waals surface area contributed by atoms with Gasteiger partial charge in [-0.1, -0.05) is 31.2 Å². The van der Waals surface area contributed by atoms with E-state index in [1.54, 1.807) is 0 Å². The van der Waals surface area contributed by atoms with Gasteiger partial charge in [0.1, 0.15) is 5.82 Å². The second-order valence-corrected chi connectivity index (χ2v) is 4.19. The summed E-state index contributed by atoms with van der Waals surface area (Å²) in [5.41, 5.74) is 10.1. The Morgan fingerprint density at radius 1 is 1.06 bits per heavy atom. The molecule has 0 saturated carbocycles. The van der Waals surface area contributed by atoms with Crippen molar-refractivity contribution < 1.29 is 0 Å². The minimum atomic E-state index is 0.562. The van der Waals surface area contributed by atoms with Gasteiger partial charge in [-0.15, -0.1) is 0 Å². The number of benzene rings is 1. The zero-order valence-electron chi connectivity index (χ0n) is 10.5. The molecule has 0 amide bonds. The largest absolute Gasteiger partial charge is 0.383 e. The third kappa shape index (κ3) is 2.28. The molecule has 0 fully saturated rings. The van der Waals surface area contributed by atoms with Crippen LogP contribution in [0.5, 0.6) is 0 Å². The SMILES string of the molecule is CCc1ccc(-c2nc(C)c(C)c(N)n2)cc1. The summed E-state index contributed by atoms with van der Waals surface area (Å²) < 4.78 is 0. The number of aryl methyl sites for hydroxylation is 2. The summed E-state index contributed by atoms with van der Waals surface area (Å²) in [6.07, 6.45) is 1.04. The first-order chi connectivity index (χ1) is 8.11. The zero-order valence-corrected chi connectivity index (χ0v) is 10.5. The van der Waals surface area contributed by atoms with Crippen LogP contribution in [0.4, 0.5) is 5.82 Å². The number of nitrogens with two attached hydrogens (primary N) is 1. The molecule has 0 radical (unpaired) electrons. The Hall–Kier alpha value is -1.90. The molecule has 3 nitrogen and oxygen atoms in total. The summed E-state index contributed by atoms with van der Waals surface area (Å²) >= 11 is 0. The summed E-state index contributed by atoms with van der Waals surface area (Å²) in [5, 5.41) is 0. The van der Waals surface area contributed by atoms with Crippen LogP contribution in [-0.4, -0.2) is 9.97 Å². The van der Waals surface area contributed by atoms with Crippen molar-refractivity contribution in [2.75, 3.05) is 5.73 Å². The Morgan fingerprint density at radius 3 is 2.24 bits per heavy atom. The van der Waals surface area contributed by atoms with Crippen molar-refractivity contribution in [1.29, 1.82) is 0 Å². The van der Waals surface area contributed by atoms with Crippen LogP contribution in [0.3, 0.4) is 0 Å². The molecule has 3 heteroatoms. The van der Waals surface area contributed by atoms with Gasteiger partial charge < -0.3 is 5.73 Å². The molecular weight excluding hydrogens is 210 g/mol. The molecule has 0 atom stereocenters. The average molecular weight is 227 g/mol. The third-order valence-electron chi connectivity index (χ3n) is 3.05. The molecule has 0 aliphatic carbocycles. The Morgan fingerprint density at radius 2 is 1.71 bits per heavy atom. The van der Waals surface area contributed by atoms with E-state index in [0.29, 0.717) is 11.6 Å². The minimum Gasteiger partial charge on any atom is -0.383 e. The van der Waals surface area contributed by atoms with E-state index in [1.807, 2.05) is 26.0 Å². The first kappa shape index (κ1) is 11.6. The first-order valence-corrected chi connectivity index (χ1v) is 5.82. The third-order valence-corrected chi connectivity index (χ3v) is 3.05. The van der Waals surface area contributed by atoms with E-state index in [0.717, 1.165) is 23.2 Å². The molecule has 1 aromatic heterocycles. The highest BCUT2D eigenvalue weighted by Crippen LogP contribution is 2.20.